The van der Waals surface area contributed by atoms with Crippen LogP contribution in [0, 0.1) is 0 Å². The fourth-order valence-electron chi connectivity index (χ4n) is 3.29. The van der Waals surface area contributed by atoms with Gasteiger partial charge < -0.3 is 0 Å². The van der Waals surface area contributed by atoms with E-state index in [9.17, 15) is 0 Å². The molecule has 2 unspecified atom stereocenters. The Morgan fingerprint density at radius 1 is 1.19 bits per heavy atom. The lowest BCUT2D eigenvalue weighted by Crippen LogP contribution is -2.52. The van der Waals surface area contributed by atoms with Crippen LogP contribution in [0.1, 0.15) is 52.4 Å². The molecule has 0 saturated carbocycles. The lowest BCUT2D eigenvalue weighted by molar-refractivity contribution is 0.0734. The lowest BCUT2D eigenvalue weighted by atomic mass is 10.1. The van der Waals surface area contributed by atoms with Gasteiger partial charge in [0.25, 0.3) is 0 Å². The number of hydrogen-bond donors (Lipinski definition) is 0. The third-order valence-corrected chi connectivity index (χ3v) is 4.47. The van der Waals surface area contributed by atoms with Crippen LogP contribution in [0.2, 0.25) is 0 Å². The highest BCUT2D eigenvalue weighted by Gasteiger charge is 2.31. The highest BCUT2D eigenvalue weighted by Crippen LogP contribution is 2.23. The smallest absolute Gasteiger partial charge is 0.0224 e. The molecule has 0 N–H and O–H groups in total. The summed E-state index contributed by atoms with van der Waals surface area (Å²) in [6, 6.07) is 1.71. The van der Waals surface area contributed by atoms with E-state index in [1.165, 1.54) is 64.7 Å². The van der Waals surface area contributed by atoms with Crippen LogP contribution in [0.25, 0.3) is 0 Å². The molecule has 2 saturated heterocycles. The number of unbranched alkanes of at least 4 members (excludes halogenated alkanes) is 2. The normalized spacial score (nSPS) is 29.2. The van der Waals surface area contributed by atoms with Gasteiger partial charge in [-0.3, -0.25) is 9.80 Å². The van der Waals surface area contributed by atoms with Crippen molar-refractivity contribution in [3.63, 3.8) is 0 Å². The number of fused-ring (bicyclic) bond motifs is 1. The molecule has 0 aromatic carbocycles. The molecule has 2 heteroatoms. The molecule has 0 amide bonds. The van der Waals surface area contributed by atoms with Crippen LogP contribution in [0.5, 0.6) is 0 Å². The zero-order valence-electron chi connectivity index (χ0n) is 11.1. The summed E-state index contributed by atoms with van der Waals surface area (Å²) in [4.78, 5) is 5.44. The van der Waals surface area contributed by atoms with Gasteiger partial charge in [-0.15, -0.1) is 0 Å². The van der Waals surface area contributed by atoms with Crippen molar-refractivity contribution in [2.75, 3.05) is 26.2 Å². The first-order chi connectivity index (χ1) is 7.81. The summed E-state index contributed by atoms with van der Waals surface area (Å²) in [5.41, 5.74) is 0. The molecule has 2 nitrogen and oxygen atoms in total. The van der Waals surface area contributed by atoms with E-state index in [1.54, 1.807) is 0 Å². The molecule has 0 aromatic heterocycles. The van der Waals surface area contributed by atoms with Gasteiger partial charge in [0.05, 0.1) is 0 Å². The Balaban J connectivity index is 1.72. The molecule has 0 aliphatic carbocycles. The van der Waals surface area contributed by atoms with Gasteiger partial charge in [0.15, 0.2) is 0 Å². The Morgan fingerprint density at radius 2 is 2.06 bits per heavy atom. The maximum Gasteiger partial charge on any atom is 0.0224 e. The van der Waals surface area contributed by atoms with Crippen molar-refractivity contribution in [1.29, 1.82) is 0 Å². The highest BCUT2D eigenvalue weighted by molar-refractivity contribution is 4.88. The summed E-state index contributed by atoms with van der Waals surface area (Å²) in [7, 11) is 0. The summed E-state index contributed by atoms with van der Waals surface area (Å²) < 4.78 is 0. The van der Waals surface area contributed by atoms with E-state index >= 15 is 0 Å². The summed E-state index contributed by atoms with van der Waals surface area (Å²) in [6.45, 7) is 10.1. The molecule has 0 radical (unpaired) electrons. The molecule has 16 heavy (non-hydrogen) atoms. The van der Waals surface area contributed by atoms with Crippen molar-refractivity contribution in [2.45, 2.75) is 64.5 Å². The van der Waals surface area contributed by atoms with Crippen LogP contribution < -0.4 is 0 Å². The van der Waals surface area contributed by atoms with Crippen molar-refractivity contribution >= 4 is 0 Å². The van der Waals surface area contributed by atoms with Gasteiger partial charge in [0.2, 0.25) is 0 Å². The van der Waals surface area contributed by atoms with Gasteiger partial charge in [0.1, 0.15) is 0 Å². The molecule has 2 aliphatic rings. The van der Waals surface area contributed by atoms with Crippen LogP contribution in [0.3, 0.4) is 0 Å². The molecule has 2 rings (SSSR count). The van der Waals surface area contributed by atoms with Crippen molar-refractivity contribution in [3.05, 3.63) is 0 Å². The van der Waals surface area contributed by atoms with Gasteiger partial charge in [-0.1, -0.05) is 26.2 Å². The molecule has 0 aromatic rings. The largest absolute Gasteiger partial charge is 0.298 e. The van der Waals surface area contributed by atoms with Crippen LogP contribution in [0.4, 0.5) is 0 Å². The topological polar surface area (TPSA) is 6.48 Å². The first kappa shape index (κ1) is 12.4. The third kappa shape index (κ3) is 2.98. The van der Waals surface area contributed by atoms with Crippen molar-refractivity contribution in [2.24, 2.45) is 0 Å². The zero-order chi connectivity index (χ0) is 11.4. The summed E-state index contributed by atoms with van der Waals surface area (Å²) >= 11 is 0. The third-order valence-electron chi connectivity index (χ3n) is 4.47. The summed E-state index contributed by atoms with van der Waals surface area (Å²) in [5, 5.41) is 0. The van der Waals surface area contributed by atoms with E-state index in [4.69, 9.17) is 0 Å². The predicted molar refractivity (Wildman–Crippen MR) is 69.8 cm³/mol. The average molecular weight is 224 g/mol. The minimum atomic E-state index is 0.814. The SMILES string of the molecule is CCCCCC(C)N1CCN2CCCC2C1. The Kier molecular flexibility index (Phi) is 4.66. The minimum Gasteiger partial charge on any atom is -0.298 e. The van der Waals surface area contributed by atoms with Gasteiger partial charge in [-0.05, 0) is 32.7 Å². The lowest BCUT2D eigenvalue weighted by Gasteiger charge is -2.40. The Labute approximate surface area is 101 Å². The number of hydrogen-bond acceptors (Lipinski definition) is 2. The second kappa shape index (κ2) is 6.02. The van der Waals surface area contributed by atoms with E-state index in [2.05, 4.69) is 23.6 Å². The molecule has 0 spiro atoms. The average Bonchev–Trinajstić information content (AvgIpc) is 2.76. The fraction of sp³-hybridized carbons (Fsp3) is 1.00. The molecule has 94 valence electrons. The second-order valence-corrected chi connectivity index (χ2v) is 5.67. The van der Waals surface area contributed by atoms with Crippen molar-refractivity contribution in [3.8, 4) is 0 Å². The van der Waals surface area contributed by atoms with E-state index in [1.807, 2.05) is 0 Å². The van der Waals surface area contributed by atoms with Crippen LogP contribution in [0.15, 0.2) is 0 Å². The maximum atomic E-state index is 2.74. The van der Waals surface area contributed by atoms with Crippen LogP contribution in [-0.2, 0) is 0 Å². The number of piperazine rings is 1. The molecule has 2 atom stereocenters. The number of nitrogens with zero attached hydrogens (tertiary/aromatic N) is 2. The Hall–Kier alpha value is -0.0800. The van der Waals surface area contributed by atoms with Crippen molar-refractivity contribution < 1.29 is 0 Å². The van der Waals surface area contributed by atoms with Gasteiger partial charge in [-0.2, -0.15) is 0 Å². The highest BCUT2D eigenvalue weighted by atomic mass is 15.3. The first-order valence-corrected chi connectivity index (χ1v) is 7.29. The Bertz CT molecular complexity index is 205. The standard InChI is InChI=1S/C14H28N2/c1-3-4-5-7-13(2)16-11-10-15-9-6-8-14(15)12-16/h13-14H,3-12H2,1-2H3. The van der Waals surface area contributed by atoms with Gasteiger partial charge in [0, 0.05) is 31.7 Å². The summed E-state index contributed by atoms with van der Waals surface area (Å²) in [6.07, 6.45) is 8.46. The molecule has 2 heterocycles. The number of rotatable bonds is 5. The van der Waals surface area contributed by atoms with E-state index < -0.39 is 0 Å². The molecular formula is C14H28N2. The van der Waals surface area contributed by atoms with Crippen molar-refractivity contribution in [1.82, 2.24) is 9.80 Å². The molecular weight excluding hydrogens is 196 g/mol. The van der Waals surface area contributed by atoms with Crippen LogP contribution >= 0.6 is 0 Å². The monoisotopic (exact) mass is 224 g/mol. The van der Waals surface area contributed by atoms with E-state index in [-0.39, 0.29) is 0 Å². The van der Waals surface area contributed by atoms with E-state index in [0.717, 1.165) is 12.1 Å². The quantitative estimate of drug-likeness (QED) is 0.663. The fourth-order valence-corrected chi connectivity index (χ4v) is 3.29. The maximum absolute atomic E-state index is 2.74. The first-order valence-electron chi connectivity index (χ1n) is 7.29. The van der Waals surface area contributed by atoms with Crippen LogP contribution in [-0.4, -0.2) is 48.1 Å². The second-order valence-electron chi connectivity index (χ2n) is 5.67. The predicted octanol–water partition coefficient (Wildman–Crippen LogP) is 2.74. The molecule has 2 aliphatic heterocycles. The van der Waals surface area contributed by atoms with Gasteiger partial charge >= 0.3 is 0 Å². The van der Waals surface area contributed by atoms with Gasteiger partial charge in [-0.25, -0.2) is 0 Å². The summed E-state index contributed by atoms with van der Waals surface area (Å²) in [5.74, 6) is 0. The Morgan fingerprint density at radius 3 is 2.88 bits per heavy atom. The molecule has 2 fully saturated rings. The molecule has 0 bridgehead atoms. The minimum absolute atomic E-state index is 0.814. The zero-order valence-corrected chi connectivity index (χ0v) is 11.1. The van der Waals surface area contributed by atoms with E-state index in [0.29, 0.717) is 0 Å².